The summed E-state index contributed by atoms with van der Waals surface area (Å²) in [6.07, 6.45) is 2.55. The molecule has 3 heteroatoms. The van der Waals surface area contributed by atoms with Crippen LogP contribution < -0.4 is 10.5 Å². The van der Waals surface area contributed by atoms with Crippen molar-refractivity contribution < 1.29 is 4.74 Å². The molecule has 100 valence electrons. The minimum atomic E-state index is 0.679. The number of nitrogens with two attached hydrogens (primary N) is 1. The molecule has 2 N–H and O–H groups in total. The highest BCUT2D eigenvalue weighted by molar-refractivity contribution is 5.26. The number of likely N-dealkylation sites (tertiary alicyclic amines) is 1. The van der Waals surface area contributed by atoms with Gasteiger partial charge in [0, 0.05) is 13.1 Å². The van der Waals surface area contributed by atoms with Crippen LogP contribution in [0.5, 0.6) is 5.75 Å². The van der Waals surface area contributed by atoms with Gasteiger partial charge in [-0.2, -0.15) is 0 Å². The fourth-order valence-electron chi connectivity index (χ4n) is 2.47. The number of benzene rings is 1. The first-order valence-electron chi connectivity index (χ1n) is 6.90. The highest BCUT2D eigenvalue weighted by Gasteiger charge is 2.18. The lowest BCUT2D eigenvalue weighted by Crippen LogP contribution is -2.40. The molecule has 1 aromatic carbocycles. The molecule has 0 bridgehead atoms. The molecule has 1 heterocycles. The van der Waals surface area contributed by atoms with Crippen molar-refractivity contribution in [3.63, 3.8) is 0 Å². The standard InChI is InChI=1S/C15H24N2O/c1-13-4-6-15(7-5-13)18-10-9-17-8-2-3-14(11-16)12-17/h4-7,14H,2-3,8-12,16H2,1H3. The molecule has 1 aliphatic heterocycles. The van der Waals surface area contributed by atoms with E-state index in [1.807, 2.05) is 12.1 Å². The highest BCUT2D eigenvalue weighted by atomic mass is 16.5. The van der Waals surface area contributed by atoms with Crippen molar-refractivity contribution in [3.8, 4) is 5.75 Å². The van der Waals surface area contributed by atoms with E-state index in [-0.39, 0.29) is 0 Å². The molecule has 3 nitrogen and oxygen atoms in total. The van der Waals surface area contributed by atoms with Gasteiger partial charge in [-0.25, -0.2) is 0 Å². The highest BCUT2D eigenvalue weighted by Crippen LogP contribution is 2.15. The molecule has 1 atom stereocenters. The topological polar surface area (TPSA) is 38.5 Å². The van der Waals surface area contributed by atoms with Crippen LogP contribution >= 0.6 is 0 Å². The number of hydrogen-bond acceptors (Lipinski definition) is 3. The van der Waals surface area contributed by atoms with E-state index in [4.69, 9.17) is 10.5 Å². The van der Waals surface area contributed by atoms with E-state index in [1.54, 1.807) is 0 Å². The van der Waals surface area contributed by atoms with Crippen LogP contribution in [0.2, 0.25) is 0 Å². The zero-order valence-corrected chi connectivity index (χ0v) is 11.3. The van der Waals surface area contributed by atoms with Gasteiger partial charge in [0.25, 0.3) is 0 Å². The third-order valence-electron chi connectivity index (χ3n) is 3.63. The quantitative estimate of drug-likeness (QED) is 0.866. The average Bonchev–Trinajstić information content (AvgIpc) is 2.41. The van der Waals surface area contributed by atoms with Crippen molar-refractivity contribution in [1.29, 1.82) is 0 Å². The Morgan fingerprint density at radius 1 is 1.33 bits per heavy atom. The molecule has 0 amide bonds. The first-order valence-corrected chi connectivity index (χ1v) is 6.90. The largest absolute Gasteiger partial charge is 0.492 e. The molecule has 1 unspecified atom stereocenters. The van der Waals surface area contributed by atoms with Gasteiger partial charge >= 0.3 is 0 Å². The summed E-state index contributed by atoms with van der Waals surface area (Å²) in [5.41, 5.74) is 7.01. The Kier molecular flexibility index (Phi) is 5.02. The number of rotatable bonds is 5. The second-order valence-corrected chi connectivity index (χ2v) is 5.21. The van der Waals surface area contributed by atoms with E-state index in [9.17, 15) is 0 Å². The molecule has 1 aliphatic rings. The predicted octanol–water partition coefficient (Wildman–Crippen LogP) is 2.04. The number of nitrogens with zero attached hydrogens (tertiary/aromatic N) is 1. The molecule has 2 rings (SSSR count). The summed E-state index contributed by atoms with van der Waals surface area (Å²) in [7, 11) is 0. The Balaban J connectivity index is 1.70. The Morgan fingerprint density at radius 3 is 2.83 bits per heavy atom. The second kappa shape index (κ2) is 6.76. The molecule has 1 fully saturated rings. The SMILES string of the molecule is Cc1ccc(OCCN2CCCC(CN)C2)cc1. The van der Waals surface area contributed by atoms with Gasteiger partial charge in [-0.1, -0.05) is 17.7 Å². The molecule has 0 spiro atoms. The van der Waals surface area contributed by atoms with Crippen LogP contribution in [0.1, 0.15) is 18.4 Å². The van der Waals surface area contributed by atoms with Gasteiger partial charge in [-0.3, -0.25) is 4.90 Å². The second-order valence-electron chi connectivity index (χ2n) is 5.21. The Hall–Kier alpha value is -1.06. The van der Waals surface area contributed by atoms with E-state index >= 15 is 0 Å². The van der Waals surface area contributed by atoms with Crippen molar-refractivity contribution >= 4 is 0 Å². The summed E-state index contributed by atoms with van der Waals surface area (Å²) < 4.78 is 5.76. The Bertz CT molecular complexity index is 350. The van der Waals surface area contributed by atoms with Gasteiger partial charge in [0.15, 0.2) is 0 Å². The molecule has 1 aromatic rings. The minimum absolute atomic E-state index is 0.679. The van der Waals surface area contributed by atoms with Crippen molar-refractivity contribution in [3.05, 3.63) is 29.8 Å². The van der Waals surface area contributed by atoms with E-state index in [1.165, 1.54) is 24.9 Å². The third-order valence-corrected chi connectivity index (χ3v) is 3.63. The van der Waals surface area contributed by atoms with Crippen LogP contribution in [0.3, 0.4) is 0 Å². The van der Waals surface area contributed by atoms with Gasteiger partial charge in [0.2, 0.25) is 0 Å². The molecule has 0 aliphatic carbocycles. The number of piperidine rings is 1. The maximum atomic E-state index is 5.76. The van der Waals surface area contributed by atoms with Crippen molar-refractivity contribution in [2.45, 2.75) is 19.8 Å². The first kappa shape index (κ1) is 13.4. The predicted molar refractivity (Wildman–Crippen MR) is 74.9 cm³/mol. The molecule has 18 heavy (non-hydrogen) atoms. The van der Waals surface area contributed by atoms with Gasteiger partial charge < -0.3 is 10.5 Å². The Labute approximate surface area is 110 Å². The summed E-state index contributed by atoms with van der Waals surface area (Å²) in [5, 5.41) is 0. The van der Waals surface area contributed by atoms with Crippen LogP contribution in [0.25, 0.3) is 0 Å². The summed E-state index contributed by atoms with van der Waals surface area (Å²) >= 11 is 0. The third kappa shape index (κ3) is 4.00. The van der Waals surface area contributed by atoms with Gasteiger partial charge in [0.05, 0.1) is 0 Å². The molecule has 0 radical (unpaired) electrons. The van der Waals surface area contributed by atoms with E-state index in [0.717, 1.165) is 32.0 Å². The minimum Gasteiger partial charge on any atom is -0.492 e. The maximum Gasteiger partial charge on any atom is 0.119 e. The smallest absolute Gasteiger partial charge is 0.119 e. The van der Waals surface area contributed by atoms with E-state index in [0.29, 0.717) is 5.92 Å². The molecular weight excluding hydrogens is 224 g/mol. The molecule has 0 saturated carbocycles. The summed E-state index contributed by atoms with van der Waals surface area (Å²) in [6, 6.07) is 8.24. The van der Waals surface area contributed by atoms with Gasteiger partial charge in [-0.15, -0.1) is 0 Å². The first-order chi connectivity index (χ1) is 8.78. The van der Waals surface area contributed by atoms with Crippen molar-refractivity contribution in [2.24, 2.45) is 11.7 Å². The van der Waals surface area contributed by atoms with Gasteiger partial charge in [0.1, 0.15) is 12.4 Å². The van der Waals surface area contributed by atoms with E-state index in [2.05, 4.69) is 24.0 Å². The zero-order chi connectivity index (χ0) is 12.8. The van der Waals surface area contributed by atoms with Crippen LogP contribution in [-0.4, -0.2) is 37.7 Å². The number of hydrogen-bond donors (Lipinski definition) is 1. The van der Waals surface area contributed by atoms with Crippen LogP contribution in [0, 0.1) is 12.8 Å². The fraction of sp³-hybridized carbons (Fsp3) is 0.600. The zero-order valence-electron chi connectivity index (χ0n) is 11.3. The number of aryl methyl sites for hydroxylation is 1. The molecule has 0 aromatic heterocycles. The van der Waals surface area contributed by atoms with Gasteiger partial charge in [-0.05, 0) is 50.9 Å². The summed E-state index contributed by atoms with van der Waals surface area (Å²) in [5.74, 6) is 1.64. The normalized spacial score (nSPS) is 20.9. The monoisotopic (exact) mass is 248 g/mol. The average molecular weight is 248 g/mol. The van der Waals surface area contributed by atoms with Crippen molar-refractivity contribution in [1.82, 2.24) is 4.90 Å². The fourth-order valence-corrected chi connectivity index (χ4v) is 2.47. The van der Waals surface area contributed by atoms with Crippen molar-refractivity contribution in [2.75, 3.05) is 32.8 Å². The van der Waals surface area contributed by atoms with Crippen LogP contribution in [-0.2, 0) is 0 Å². The number of ether oxygens (including phenoxy) is 1. The molecule has 1 saturated heterocycles. The van der Waals surface area contributed by atoms with E-state index < -0.39 is 0 Å². The van der Waals surface area contributed by atoms with Crippen LogP contribution in [0.4, 0.5) is 0 Å². The van der Waals surface area contributed by atoms with Crippen LogP contribution in [0.15, 0.2) is 24.3 Å². The summed E-state index contributed by atoms with van der Waals surface area (Å²) in [6.45, 7) is 6.99. The molecular formula is C15H24N2O. The maximum absolute atomic E-state index is 5.76. The lowest BCUT2D eigenvalue weighted by atomic mass is 9.98. The Morgan fingerprint density at radius 2 is 2.11 bits per heavy atom. The summed E-state index contributed by atoms with van der Waals surface area (Å²) in [4.78, 5) is 2.47. The lowest BCUT2D eigenvalue weighted by molar-refractivity contribution is 0.149. The lowest BCUT2D eigenvalue weighted by Gasteiger charge is -2.31.